The van der Waals surface area contributed by atoms with Gasteiger partial charge in [0.1, 0.15) is 18.9 Å². The molecule has 80 valence electrons. The summed E-state index contributed by atoms with van der Waals surface area (Å²) >= 11 is 0. The van der Waals surface area contributed by atoms with Crippen LogP contribution in [0.15, 0.2) is 18.2 Å². The third-order valence-corrected chi connectivity index (χ3v) is 2.27. The average molecular weight is 208 g/mol. The Morgan fingerprint density at radius 1 is 1.60 bits per heavy atom. The van der Waals surface area contributed by atoms with Gasteiger partial charge in [-0.05, 0) is 18.2 Å². The number of nitrogens with two attached hydrogens (primary N) is 1. The molecule has 0 radical (unpaired) electrons. The Morgan fingerprint density at radius 3 is 3.13 bits per heavy atom. The lowest BCUT2D eigenvalue weighted by atomic mass is 10.2. The number of fused-ring (bicyclic) bond motifs is 1. The smallest absolute Gasteiger partial charge is 0.323 e. The van der Waals surface area contributed by atoms with Gasteiger partial charge in [0, 0.05) is 5.69 Å². The maximum Gasteiger partial charge on any atom is 0.323 e. The van der Waals surface area contributed by atoms with Gasteiger partial charge < -0.3 is 20.5 Å². The van der Waals surface area contributed by atoms with Crippen molar-refractivity contribution in [1.82, 2.24) is 0 Å². The summed E-state index contributed by atoms with van der Waals surface area (Å²) in [6, 6.07) is 5.24. The Bertz CT molecular complexity index is 392. The van der Waals surface area contributed by atoms with Crippen molar-refractivity contribution in [1.29, 1.82) is 0 Å². The molecule has 0 atom stereocenters. The van der Waals surface area contributed by atoms with Crippen molar-refractivity contribution in [3.8, 4) is 5.75 Å². The summed E-state index contributed by atoms with van der Waals surface area (Å²) in [5.74, 6) is -0.165. The van der Waals surface area contributed by atoms with E-state index >= 15 is 0 Å². The van der Waals surface area contributed by atoms with Gasteiger partial charge in [-0.1, -0.05) is 0 Å². The molecule has 1 aliphatic heterocycles. The van der Waals surface area contributed by atoms with Gasteiger partial charge in [-0.2, -0.15) is 0 Å². The number of carbonyl (C=O) groups is 1. The summed E-state index contributed by atoms with van der Waals surface area (Å²) in [6.07, 6.45) is 0. The van der Waals surface area contributed by atoms with Gasteiger partial charge in [-0.3, -0.25) is 4.79 Å². The van der Waals surface area contributed by atoms with Crippen LogP contribution in [0, 0.1) is 0 Å². The summed E-state index contributed by atoms with van der Waals surface area (Å²) < 4.78 is 5.40. The van der Waals surface area contributed by atoms with Crippen LogP contribution in [0.1, 0.15) is 0 Å². The number of benzene rings is 1. The fourth-order valence-electron chi connectivity index (χ4n) is 1.62. The lowest BCUT2D eigenvalue weighted by Gasteiger charge is -2.29. The van der Waals surface area contributed by atoms with Crippen molar-refractivity contribution in [3.05, 3.63) is 18.2 Å². The van der Waals surface area contributed by atoms with Crippen molar-refractivity contribution < 1.29 is 14.6 Å². The largest absolute Gasteiger partial charge is 0.490 e. The van der Waals surface area contributed by atoms with E-state index in [1.165, 1.54) is 0 Å². The molecule has 0 saturated carbocycles. The number of ether oxygens (including phenoxy) is 1. The lowest BCUT2D eigenvalue weighted by Crippen LogP contribution is -2.36. The van der Waals surface area contributed by atoms with Gasteiger partial charge in [0.05, 0.1) is 12.2 Å². The zero-order chi connectivity index (χ0) is 10.8. The topological polar surface area (TPSA) is 75.8 Å². The molecule has 1 aromatic carbocycles. The lowest BCUT2D eigenvalue weighted by molar-refractivity contribution is -0.135. The molecular weight excluding hydrogens is 196 g/mol. The summed E-state index contributed by atoms with van der Waals surface area (Å²) in [5, 5.41) is 8.75. The summed E-state index contributed by atoms with van der Waals surface area (Å²) in [4.78, 5) is 12.4. The van der Waals surface area contributed by atoms with Crippen LogP contribution in [0.5, 0.6) is 5.75 Å². The first-order chi connectivity index (χ1) is 7.16. The highest BCUT2D eigenvalue weighted by Crippen LogP contribution is 2.32. The highest BCUT2D eigenvalue weighted by Gasteiger charge is 2.19. The Morgan fingerprint density at radius 2 is 2.40 bits per heavy atom. The summed E-state index contributed by atoms with van der Waals surface area (Å²) in [7, 11) is 0. The van der Waals surface area contributed by atoms with Crippen molar-refractivity contribution in [3.63, 3.8) is 0 Å². The normalized spacial score (nSPS) is 14.3. The third kappa shape index (κ3) is 1.96. The molecule has 0 aromatic heterocycles. The first-order valence-corrected chi connectivity index (χ1v) is 4.66. The van der Waals surface area contributed by atoms with E-state index in [2.05, 4.69) is 0 Å². The number of anilines is 2. The zero-order valence-corrected chi connectivity index (χ0v) is 8.14. The molecule has 1 heterocycles. The molecule has 0 spiro atoms. The molecule has 3 N–H and O–H groups in total. The maximum atomic E-state index is 10.6. The zero-order valence-electron chi connectivity index (χ0n) is 8.14. The molecular formula is C10H12N2O3. The molecule has 0 amide bonds. The van der Waals surface area contributed by atoms with E-state index in [4.69, 9.17) is 15.6 Å². The van der Waals surface area contributed by atoms with Gasteiger partial charge in [-0.25, -0.2) is 0 Å². The Labute approximate surface area is 87.1 Å². The van der Waals surface area contributed by atoms with Crippen LogP contribution in [-0.2, 0) is 4.79 Å². The van der Waals surface area contributed by atoms with Gasteiger partial charge in [0.15, 0.2) is 0 Å². The fourth-order valence-corrected chi connectivity index (χ4v) is 1.62. The minimum atomic E-state index is -0.856. The highest BCUT2D eigenvalue weighted by molar-refractivity contribution is 5.76. The highest BCUT2D eigenvalue weighted by atomic mass is 16.5. The average Bonchev–Trinajstić information content (AvgIpc) is 2.18. The Hall–Kier alpha value is -1.91. The second kappa shape index (κ2) is 3.68. The van der Waals surface area contributed by atoms with E-state index in [1.54, 1.807) is 23.1 Å². The molecule has 5 nitrogen and oxygen atoms in total. The number of carboxylic acid groups (broad SMARTS) is 1. The minimum absolute atomic E-state index is 0.0280. The number of nitrogens with zero attached hydrogens (tertiary/aromatic N) is 1. The molecule has 0 aliphatic carbocycles. The quantitative estimate of drug-likeness (QED) is 0.694. The summed E-state index contributed by atoms with van der Waals surface area (Å²) in [5.41, 5.74) is 7.00. The predicted octanol–water partition coefficient (Wildman–Crippen LogP) is 0.552. The van der Waals surface area contributed by atoms with Crippen LogP contribution in [0.3, 0.4) is 0 Å². The second-order valence-electron chi connectivity index (χ2n) is 3.39. The Kier molecular flexibility index (Phi) is 2.37. The van der Waals surface area contributed by atoms with Crippen molar-refractivity contribution in [2.24, 2.45) is 0 Å². The van der Waals surface area contributed by atoms with Crippen LogP contribution < -0.4 is 15.4 Å². The molecule has 1 aromatic rings. The molecule has 0 fully saturated rings. The van der Waals surface area contributed by atoms with Crippen LogP contribution in [0.2, 0.25) is 0 Å². The van der Waals surface area contributed by atoms with Crippen molar-refractivity contribution in [2.75, 3.05) is 30.3 Å². The molecule has 5 heteroatoms. The summed E-state index contributed by atoms with van der Waals surface area (Å²) in [6.45, 7) is 1.05. The van der Waals surface area contributed by atoms with Crippen LogP contribution in [0.25, 0.3) is 0 Å². The monoisotopic (exact) mass is 208 g/mol. The van der Waals surface area contributed by atoms with E-state index in [0.29, 0.717) is 24.6 Å². The molecule has 15 heavy (non-hydrogen) atoms. The van der Waals surface area contributed by atoms with E-state index in [-0.39, 0.29) is 6.54 Å². The predicted molar refractivity (Wildman–Crippen MR) is 56.2 cm³/mol. The van der Waals surface area contributed by atoms with E-state index in [1.807, 2.05) is 0 Å². The van der Waals surface area contributed by atoms with Crippen molar-refractivity contribution >= 4 is 17.3 Å². The number of hydrogen-bond acceptors (Lipinski definition) is 4. The number of aliphatic carboxylic acids is 1. The molecule has 0 bridgehead atoms. The van der Waals surface area contributed by atoms with E-state index in [9.17, 15) is 4.79 Å². The molecule has 2 rings (SSSR count). The van der Waals surface area contributed by atoms with E-state index < -0.39 is 5.97 Å². The van der Waals surface area contributed by atoms with Crippen LogP contribution in [0.4, 0.5) is 11.4 Å². The third-order valence-electron chi connectivity index (χ3n) is 2.27. The van der Waals surface area contributed by atoms with Gasteiger partial charge in [0.25, 0.3) is 0 Å². The first-order valence-electron chi connectivity index (χ1n) is 4.66. The standard InChI is InChI=1S/C10H12N2O3/c11-7-1-2-9-8(5-7)12(3-4-15-9)6-10(13)14/h1-2,5H,3-4,6,11H2,(H,13,14). The molecule has 0 saturated heterocycles. The number of rotatable bonds is 2. The van der Waals surface area contributed by atoms with Gasteiger partial charge in [0.2, 0.25) is 0 Å². The van der Waals surface area contributed by atoms with Crippen molar-refractivity contribution in [2.45, 2.75) is 0 Å². The van der Waals surface area contributed by atoms with Gasteiger partial charge in [-0.15, -0.1) is 0 Å². The molecule has 1 aliphatic rings. The van der Waals surface area contributed by atoms with Crippen LogP contribution >= 0.6 is 0 Å². The van der Waals surface area contributed by atoms with Gasteiger partial charge >= 0.3 is 5.97 Å². The SMILES string of the molecule is Nc1ccc2c(c1)N(CC(=O)O)CCO2. The minimum Gasteiger partial charge on any atom is -0.490 e. The number of hydrogen-bond donors (Lipinski definition) is 2. The molecule has 0 unspecified atom stereocenters. The van der Waals surface area contributed by atoms with Crippen LogP contribution in [-0.4, -0.2) is 30.8 Å². The second-order valence-corrected chi connectivity index (χ2v) is 3.39. The number of nitrogen functional groups attached to an aromatic ring is 1. The van der Waals surface area contributed by atoms with E-state index in [0.717, 1.165) is 5.69 Å². The maximum absolute atomic E-state index is 10.6. The fraction of sp³-hybridized carbons (Fsp3) is 0.300. The first kappa shape index (κ1) is 9.64. The number of carboxylic acids is 1. The Balaban J connectivity index is 2.32.